The predicted molar refractivity (Wildman–Crippen MR) is 115 cm³/mol. The van der Waals surface area contributed by atoms with Crippen molar-refractivity contribution in [3.05, 3.63) is 71.3 Å². The fourth-order valence-corrected chi connectivity index (χ4v) is 3.30. The normalized spacial score (nSPS) is 15.2. The standard InChI is InChI=1S/C22H30N2O.C2H6/c1-2-6-20-9-11-21(12-10-20)17-23-13-15-24(16-14-23)19-25-18-22-7-4-3-5-8-22;1-2/h3-5,7-12H,2,6,13-19H2,1H3;1-2H3. The van der Waals surface area contributed by atoms with Crippen LogP contribution in [-0.2, 0) is 24.3 Å². The molecule has 0 aromatic heterocycles. The molecule has 0 spiro atoms. The van der Waals surface area contributed by atoms with Crippen LogP contribution in [0.3, 0.4) is 0 Å². The maximum absolute atomic E-state index is 5.86. The second kappa shape index (κ2) is 12.7. The molecule has 3 nitrogen and oxygen atoms in total. The Kier molecular flexibility index (Phi) is 10.1. The highest BCUT2D eigenvalue weighted by molar-refractivity contribution is 5.22. The van der Waals surface area contributed by atoms with Gasteiger partial charge < -0.3 is 4.74 Å². The van der Waals surface area contributed by atoms with Crippen LogP contribution in [0.15, 0.2) is 54.6 Å². The molecule has 2 aromatic rings. The average Bonchev–Trinajstić information content (AvgIpc) is 2.73. The number of aryl methyl sites for hydroxylation is 1. The predicted octanol–water partition coefficient (Wildman–Crippen LogP) is 4.96. The number of piperazine rings is 1. The smallest absolute Gasteiger partial charge is 0.0995 e. The molecule has 0 radical (unpaired) electrons. The van der Waals surface area contributed by atoms with Crippen LogP contribution < -0.4 is 0 Å². The Hall–Kier alpha value is -1.68. The highest BCUT2D eigenvalue weighted by Gasteiger charge is 2.16. The summed E-state index contributed by atoms with van der Waals surface area (Å²) < 4.78 is 5.86. The van der Waals surface area contributed by atoms with Crippen LogP contribution in [0.4, 0.5) is 0 Å². The first-order chi connectivity index (χ1) is 13.3. The summed E-state index contributed by atoms with van der Waals surface area (Å²) >= 11 is 0. The van der Waals surface area contributed by atoms with Crippen LogP contribution in [0.1, 0.15) is 43.9 Å². The lowest BCUT2D eigenvalue weighted by molar-refractivity contribution is -0.00680. The molecule has 148 valence electrons. The fraction of sp³-hybridized carbons (Fsp3) is 0.500. The zero-order chi connectivity index (χ0) is 19.3. The van der Waals surface area contributed by atoms with Crippen molar-refractivity contribution in [2.45, 2.75) is 46.8 Å². The fourth-order valence-electron chi connectivity index (χ4n) is 3.30. The summed E-state index contributed by atoms with van der Waals surface area (Å²) in [5, 5.41) is 0. The van der Waals surface area contributed by atoms with E-state index in [9.17, 15) is 0 Å². The number of rotatable bonds is 8. The number of hydrogen-bond acceptors (Lipinski definition) is 3. The molecule has 3 heteroatoms. The molecule has 0 saturated carbocycles. The van der Waals surface area contributed by atoms with Crippen LogP contribution in [0.5, 0.6) is 0 Å². The molecule has 0 aliphatic carbocycles. The van der Waals surface area contributed by atoms with Gasteiger partial charge in [-0.25, -0.2) is 0 Å². The zero-order valence-electron chi connectivity index (χ0n) is 17.4. The lowest BCUT2D eigenvalue weighted by Gasteiger charge is -2.34. The van der Waals surface area contributed by atoms with E-state index in [1.165, 1.54) is 29.5 Å². The number of ether oxygens (including phenoxy) is 1. The van der Waals surface area contributed by atoms with E-state index in [0.717, 1.165) is 39.5 Å². The largest absolute Gasteiger partial charge is 0.361 e. The maximum Gasteiger partial charge on any atom is 0.0995 e. The minimum atomic E-state index is 0.700. The second-order valence-corrected chi connectivity index (χ2v) is 6.92. The summed E-state index contributed by atoms with van der Waals surface area (Å²) in [6.07, 6.45) is 2.40. The van der Waals surface area contributed by atoms with Gasteiger partial charge in [-0.05, 0) is 23.1 Å². The molecule has 1 fully saturated rings. The number of nitrogens with zero attached hydrogens (tertiary/aromatic N) is 2. The first-order valence-electron chi connectivity index (χ1n) is 10.5. The Bertz CT molecular complexity index is 604. The van der Waals surface area contributed by atoms with Gasteiger partial charge in [-0.1, -0.05) is 81.8 Å². The van der Waals surface area contributed by atoms with Crippen molar-refractivity contribution < 1.29 is 4.74 Å². The van der Waals surface area contributed by atoms with Gasteiger partial charge in [0, 0.05) is 32.7 Å². The van der Waals surface area contributed by atoms with Crippen LogP contribution in [0.25, 0.3) is 0 Å². The summed E-state index contributed by atoms with van der Waals surface area (Å²) in [4.78, 5) is 4.95. The Morgan fingerprint density at radius 3 is 1.96 bits per heavy atom. The molecule has 1 heterocycles. The molecule has 2 aromatic carbocycles. The van der Waals surface area contributed by atoms with Gasteiger partial charge in [0.05, 0.1) is 13.3 Å². The quantitative estimate of drug-likeness (QED) is 0.655. The van der Waals surface area contributed by atoms with Gasteiger partial charge in [0.25, 0.3) is 0 Å². The van der Waals surface area contributed by atoms with Gasteiger partial charge >= 0.3 is 0 Å². The molecule has 1 aliphatic rings. The summed E-state index contributed by atoms with van der Waals surface area (Å²) in [6.45, 7) is 13.1. The highest BCUT2D eigenvalue weighted by atomic mass is 16.5. The van der Waals surface area contributed by atoms with Crippen molar-refractivity contribution in [3.8, 4) is 0 Å². The molecule has 0 atom stereocenters. The van der Waals surface area contributed by atoms with Crippen LogP contribution in [-0.4, -0.2) is 42.7 Å². The molecule has 3 rings (SSSR count). The van der Waals surface area contributed by atoms with Crippen molar-refractivity contribution in [2.75, 3.05) is 32.9 Å². The Morgan fingerprint density at radius 2 is 1.33 bits per heavy atom. The lowest BCUT2D eigenvalue weighted by Crippen LogP contribution is -2.46. The van der Waals surface area contributed by atoms with Crippen molar-refractivity contribution >= 4 is 0 Å². The van der Waals surface area contributed by atoms with E-state index in [0.29, 0.717) is 6.61 Å². The SMILES string of the molecule is CC.CCCc1ccc(CN2CCN(COCc3ccccc3)CC2)cc1. The number of hydrogen-bond donors (Lipinski definition) is 0. The third-order valence-corrected chi connectivity index (χ3v) is 4.82. The molecule has 1 aliphatic heterocycles. The monoisotopic (exact) mass is 368 g/mol. The van der Waals surface area contributed by atoms with E-state index in [1.807, 2.05) is 19.9 Å². The average molecular weight is 369 g/mol. The lowest BCUT2D eigenvalue weighted by atomic mass is 10.1. The topological polar surface area (TPSA) is 15.7 Å². The molecule has 0 amide bonds. The zero-order valence-corrected chi connectivity index (χ0v) is 17.4. The maximum atomic E-state index is 5.86. The Morgan fingerprint density at radius 1 is 0.741 bits per heavy atom. The Balaban J connectivity index is 0.00000126. The highest BCUT2D eigenvalue weighted by Crippen LogP contribution is 2.11. The van der Waals surface area contributed by atoms with Crippen LogP contribution >= 0.6 is 0 Å². The van der Waals surface area contributed by atoms with Gasteiger partial charge in [0.1, 0.15) is 0 Å². The molecule has 0 bridgehead atoms. The molecular weight excluding hydrogens is 332 g/mol. The van der Waals surface area contributed by atoms with Gasteiger partial charge in [-0.3, -0.25) is 9.80 Å². The summed E-state index contributed by atoms with van der Waals surface area (Å²) in [5.41, 5.74) is 4.12. The third-order valence-electron chi connectivity index (χ3n) is 4.82. The van der Waals surface area contributed by atoms with Crippen LogP contribution in [0, 0.1) is 0 Å². The van der Waals surface area contributed by atoms with E-state index >= 15 is 0 Å². The molecule has 0 N–H and O–H groups in total. The van der Waals surface area contributed by atoms with Crippen LogP contribution in [0.2, 0.25) is 0 Å². The van der Waals surface area contributed by atoms with Crippen molar-refractivity contribution in [2.24, 2.45) is 0 Å². The summed E-state index contributed by atoms with van der Waals surface area (Å²) in [7, 11) is 0. The van der Waals surface area contributed by atoms with Gasteiger partial charge in [0.2, 0.25) is 0 Å². The Labute approximate surface area is 166 Å². The minimum Gasteiger partial charge on any atom is -0.361 e. The van der Waals surface area contributed by atoms with E-state index in [4.69, 9.17) is 4.74 Å². The minimum absolute atomic E-state index is 0.700. The first kappa shape index (κ1) is 21.6. The van der Waals surface area contributed by atoms with Crippen molar-refractivity contribution in [3.63, 3.8) is 0 Å². The first-order valence-corrected chi connectivity index (χ1v) is 10.5. The molecule has 27 heavy (non-hydrogen) atoms. The van der Waals surface area contributed by atoms with Gasteiger partial charge in [-0.2, -0.15) is 0 Å². The van der Waals surface area contributed by atoms with Crippen molar-refractivity contribution in [1.82, 2.24) is 9.80 Å². The summed E-state index contributed by atoms with van der Waals surface area (Å²) in [5.74, 6) is 0. The number of benzene rings is 2. The third kappa shape index (κ3) is 7.84. The van der Waals surface area contributed by atoms with E-state index < -0.39 is 0 Å². The molecular formula is C24H36N2O. The molecule has 0 unspecified atom stereocenters. The second-order valence-electron chi connectivity index (χ2n) is 6.92. The van der Waals surface area contributed by atoms with E-state index in [2.05, 4.69) is 65.3 Å². The molecule has 1 saturated heterocycles. The van der Waals surface area contributed by atoms with E-state index in [-0.39, 0.29) is 0 Å². The van der Waals surface area contributed by atoms with Crippen molar-refractivity contribution in [1.29, 1.82) is 0 Å². The van der Waals surface area contributed by atoms with E-state index in [1.54, 1.807) is 0 Å². The van der Waals surface area contributed by atoms with Gasteiger partial charge in [0.15, 0.2) is 0 Å². The summed E-state index contributed by atoms with van der Waals surface area (Å²) in [6, 6.07) is 19.5. The van der Waals surface area contributed by atoms with Gasteiger partial charge in [-0.15, -0.1) is 0 Å².